The van der Waals surface area contributed by atoms with Crippen LogP contribution >= 0.6 is 0 Å². The van der Waals surface area contributed by atoms with Crippen LogP contribution in [0.15, 0.2) is 65.6 Å². The number of nitro benzene ring substituents is 1. The van der Waals surface area contributed by atoms with Crippen molar-refractivity contribution in [3.63, 3.8) is 0 Å². The van der Waals surface area contributed by atoms with Crippen molar-refractivity contribution < 1.29 is 27.6 Å². The van der Waals surface area contributed by atoms with Gasteiger partial charge in [-0.1, -0.05) is 6.07 Å². The summed E-state index contributed by atoms with van der Waals surface area (Å²) in [4.78, 5) is 22.7. The minimum atomic E-state index is -3.84. The van der Waals surface area contributed by atoms with E-state index in [0.717, 1.165) is 0 Å². The molecule has 0 radical (unpaired) electrons. The maximum atomic E-state index is 12.7. The number of nitrogens with one attached hydrogen (secondary N) is 2. The highest BCUT2D eigenvalue weighted by molar-refractivity contribution is 7.92. The topological polar surface area (TPSA) is 137 Å². The average Bonchev–Trinajstić information content (AvgIpc) is 2.79. The molecule has 0 aromatic heterocycles. The summed E-state index contributed by atoms with van der Waals surface area (Å²) < 4.78 is 38.5. The highest BCUT2D eigenvalue weighted by Gasteiger charge is 2.17. The third-order valence-electron chi connectivity index (χ3n) is 4.86. The molecule has 3 aromatic rings. The maximum Gasteiger partial charge on any atom is 0.271 e. The van der Waals surface area contributed by atoms with Gasteiger partial charge in [-0.2, -0.15) is 0 Å². The molecule has 0 aliphatic rings. The first-order chi connectivity index (χ1) is 16.1. The molecule has 0 atom stereocenters. The summed E-state index contributed by atoms with van der Waals surface area (Å²) in [5.41, 5.74) is 1.72. The fourth-order valence-corrected chi connectivity index (χ4v) is 4.16. The molecule has 1 amide bonds. The van der Waals surface area contributed by atoms with Crippen LogP contribution in [-0.2, 0) is 14.8 Å². The highest BCUT2D eigenvalue weighted by Crippen LogP contribution is 2.25. The van der Waals surface area contributed by atoms with Crippen LogP contribution in [0.2, 0.25) is 0 Å². The number of nitrogens with zero attached hydrogens (tertiary/aromatic N) is 1. The normalized spacial score (nSPS) is 10.9. The van der Waals surface area contributed by atoms with Crippen molar-refractivity contribution in [3.05, 3.63) is 81.9 Å². The minimum absolute atomic E-state index is 0.0323. The molecule has 10 nitrogen and oxygen atoms in total. The van der Waals surface area contributed by atoms with Crippen molar-refractivity contribution in [3.8, 4) is 11.5 Å². The predicted molar refractivity (Wildman–Crippen MR) is 127 cm³/mol. The van der Waals surface area contributed by atoms with E-state index in [2.05, 4.69) is 10.0 Å². The number of hydrogen-bond donors (Lipinski definition) is 2. The summed E-state index contributed by atoms with van der Waals surface area (Å²) >= 11 is 0. The second kappa shape index (κ2) is 10.2. The number of nitro groups is 1. The van der Waals surface area contributed by atoms with Gasteiger partial charge in [0, 0.05) is 17.8 Å². The van der Waals surface area contributed by atoms with Crippen molar-refractivity contribution in [1.29, 1.82) is 0 Å². The quantitative estimate of drug-likeness (QED) is 0.345. The van der Waals surface area contributed by atoms with E-state index in [1.807, 2.05) is 0 Å². The van der Waals surface area contributed by atoms with Gasteiger partial charge in [0.25, 0.3) is 21.6 Å². The zero-order chi connectivity index (χ0) is 24.9. The van der Waals surface area contributed by atoms with Crippen LogP contribution in [0, 0.1) is 24.0 Å². The Balaban J connectivity index is 1.65. The Labute approximate surface area is 196 Å². The Bertz CT molecular complexity index is 1320. The number of benzene rings is 3. The van der Waals surface area contributed by atoms with Crippen molar-refractivity contribution in [2.45, 2.75) is 18.7 Å². The predicted octanol–water partition coefficient (Wildman–Crippen LogP) is 4.04. The van der Waals surface area contributed by atoms with E-state index < -0.39 is 20.9 Å². The number of amides is 1. The zero-order valence-electron chi connectivity index (χ0n) is 18.7. The van der Waals surface area contributed by atoms with Crippen LogP contribution < -0.4 is 19.5 Å². The Morgan fingerprint density at radius 3 is 2.32 bits per heavy atom. The summed E-state index contributed by atoms with van der Waals surface area (Å²) in [6.07, 6.45) is 0. The molecule has 0 saturated heterocycles. The first-order valence-corrected chi connectivity index (χ1v) is 11.5. The van der Waals surface area contributed by atoms with E-state index in [9.17, 15) is 23.3 Å². The Morgan fingerprint density at radius 1 is 1.00 bits per heavy atom. The number of anilines is 2. The lowest BCUT2D eigenvalue weighted by atomic mass is 10.2. The van der Waals surface area contributed by atoms with Gasteiger partial charge in [-0.25, -0.2) is 8.42 Å². The fraction of sp³-hybridized carbons (Fsp3) is 0.174. The Hall–Kier alpha value is -4.12. The maximum absolute atomic E-state index is 12.7. The van der Waals surface area contributed by atoms with Crippen LogP contribution in [-0.4, -0.2) is 33.0 Å². The molecule has 3 aromatic carbocycles. The van der Waals surface area contributed by atoms with E-state index >= 15 is 0 Å². The third kappa shape index (κ3) is 6.01. The molecule has 0 fully saturated rings. The Morgan fingerprint density at radius 2 is 1.71 bits per heavy atom. The first-order valence-electron chi connectivity index (χ1n) is 10.0. The summed E-state index contributed by atoms with van der Waals surface area (Å²) in [5, 5.41) is 13.5. The van der Waals surface area contributed by atoms with Gasteiger partial charge in [-0.3, -0.25) is 19.6 Å². The van der Waals surface area contributed by atoms with E-state index in [0.29, 0.717) is 34.0 Å². The number of sulfonamides is 1. The van der Waals surface area contributed by atoms with E-state index in [1.54, 1.807) is 38.1 Å². The lowest BCUT2D eigenvalue weighted by Crippen LogP contribution is -2.21. The molecule has 11 heteroatoms. The molecule has 0 bridgehead atoms. The monoisotopic (exact) mass is 485 g/mol. The van der Waals surface area contributed by atoms with Crippen LogP contribution in [0.1, 0.15) is 11.1 Å². The van der Waals surface area contributed by atoms with Gasteiger partial charge in [0.2, 0.25) is 0 Å². The molecule has 0 saturated carbocycles. The van der Waals surface area contributed by atoms with Gasteiger partial charge >= 0.3 is 0 Å². The molecule has 178 valence electrons. The second-order valence-electron chi connectivity index (χ2n) is 7.35. The molecular formula is C23H23N3O7S. The molecule has 0 spiro atoms. The van der Waals surface area contributed by atoms with Gasteiger partial charge in [-0.05, 0) is 67.4 Å². The second-order valence-corrected chi connectivity index (χ2v) is 9.04. The van der Waals surface area contributed by atoms with Crippen molar-refractivity contribution in [2.24, 2.45) is 0 Å². The lowest BCUT2D eigenvalue weighted by molar-refractivity contribution is -0.384. The standard InChI is InChI=1S/C23H23N3O7S/c1-15-4-7-18(26(28)29)13-21(15)24-23(27)14-33-22-11-10-20(12-16(22)2)34(30,31)25-17-5-8-19(32-3)9-6-17/h4-13,25H,14H2,1-3H3,(H,24,27). The first kappa shape index (κ1) is 24.5. The summed E-state index contributed by atoms with van der Waals surface area (Å²) in [7, 11) is -2.32. The largest absolute Gasteiger partial charge is 0.497 e. The number of aryl methyl sites for hydroxylation is 2. The lowest BCUT2D eigenvalue weighted by Gasteiger charge is -2.13. The molecule has 3 rings (SSSR count). The average molecular weight is 486 g/mol. The molecule has 0 aliphatic heterocycles. The van der Waals surface area contributed by atoms with Gasteiger partial charge in [0.1, 0.15) is 11.5 Å². The molecule has 0 aliphatic carbocycles. The number of methoxy groups -OCH3 is 1. The Kier molecular flexibility index (Phi) is 7.37. The number of hydrogen-bond acceptors (Lipinski definition) is 7. The SMILES string of the molecule is COc1ccc(NS(=O)(=O)c2ccc(OCC(=O)Nc3cc([N+](=O)[O-])ccc3C)c(C)c2)cc1. The van der Waals surface area contributed by atoms with E-state index in [-0.39, 0.29) is 17.2 Å². The van der Waals surface area contributed by atoms with Crippen LogP contribution in [0.4, 0.5) is 17.1 Å². The van der Waals surface area contributed by atoms with Crippen LogP contribution in [0.25, 0.3) is 0 Å². The molecule has 0 heterocycles. The number of carbonyl (C=O) groups excluding carboxylic acids is 1. The van der Waals surface area contributed by atoms with E-state index in [1.165, 1.54) is 43.5 Å². The number of rotatable bonds is 9. The van der Waals surface area contributed by atoms with Crippen LogP contribution in [0.5, 0.6) is 11.5 Å². The zero-order valence-corrected chi connectivity index (χ0v) is 19.5. The molecule has 0 unspecified atom stereocenters. The summed E-state index contributed by atoms with van der Waals surface area (Å²) in [5.74, 6) is 0.417. The van der Waals surface area contributed by atoms with Gasteiger partial charge in [0.05, 0.1) is 22.6 Å². The van der Waals surface area contributed by atoms with Crippen molar-refractivity contribution in [1.82, 2.24) is 0 Å². The smallest absolute Gasteiger partial charge is 0.271 e. The van der Waals surface area contributed by atoms with Crippen LogP contribution in [0.3, 0.4) is 0 Å². The number of carbonyl (C=O) groups is 1. The molecule has 34 heavy (non-hydrogen) atoms. The fourth-order valence-electron chi connectivity index (χ4n) is 3.01. The number of ether oxygens (including phenoxy) is 2. The summed E-state index contributed by atoms with van der Waals surface area (Å²) in [6.45, 7) is 3.01. The number of non-ortho nitro benzene ring substituents is 1. The van der Waals surface area contributed by atoms with E-state index in [4.69, 9.17) is 9.47 Å². The minimum Gasteiger partial charge on any atom is -0.497 e. The highest BCUT2D eigenvalue weighted by atomic mass is 32.2. The van der Waals surface area contributed by atoms with Gasteiger partial charge in [-0.15, -0.1) is 0 Å². The molecule has 2 N–H and O–H groups in total. The van der Waals surface area contributed by atoms with Crippen molar-refractivity contribution >= 4 is 33.0 Å². The van der Waals surface area contributed by atoms with Crippen molar-refractivity contribution in [2.75, 3.05) is 23.8 Å². The van der Waals surface area contributed by atoms with Gasteiger partial charge < -0.3 is 14.8 Å². The summed E-state index contributed by atoms with van der Waals surface area (Å²) in [6, 6.07) is 14.9. The van der Waals surface area contributed by atoms with Gasteiger partial charge in [0.15, 0.2) is 6.61 Å². The molecular weight excluding hydrogens is 462 g/mol. The third-order valence-corrected chi connectivity index (χ3v) is 6.24.